The van der Waals surface area contributed by atoms with Gasteiger partial charge in [-0.2, -0.15) is 0 Å². The molecular formula is C23H28N4O2. The zero-order valence-corrected chi connectivity index (χ0v) is 17.1. The lowest BCUT2D eigenvalue weighted by Gasteiger charge is -2.36. The standard InChI is InChI=1S/C23H28N4O2/c1-23(2)15-24-11-18(29-23)14-28-22-19-4-3-8-25-21(19)10-20(26-22)17-7-9-27(13-17)12-16-5-6-16/h3-4,7-10,13,16,18,24H,5-6,11-12,14-15H2,1-2H3/t18-/m0/s1. The number of fused-ring (bicyclic) bond motifs is 1. The summed E-state index contributed by atoms with van der Waals surface area (Å²) < 4.78 is 14.6. The maximum Gasteiger partial charge on any atom is 0.223 e. The van der Waals surface area contributed by atoms with Crippen LogP contribution >= 0.6 is 0 Å². The van der Waals surface area contributed by atoms with Gasteiger partial charge in [0.05, 0.1) is 22.2 Å². The molecule has 0 radical (unpaired) electrons. The Kier molecular flexibility index (Phi) is 4.76. The average molecular weight is 393 g/mol. The van der Waals surface area contributed by atoms with E-state index in [0.29, 0.717) is 12.5 Å². The summed E-state index contributed by atoms with van der Waals surface area (Å²) in [6.07, 6.45) is 8.82. The highest BCUT2D eigenvalue weighted by Crippen LogP contribution is 2.32. The number of rotatable bonds is 6. The minimum atomic E-state index is -0.185. The second-order valence-electron chi connectivity index (χ2n) is 8.86. The Labute approximate surface area is 171 Å². The van der Waals surface area contributed by atoms with Gasteiger partial charge in [-0.3, -0.25) is 4.98 Å². The molecule has 152 valence electrons. The SMILES string of the molecule is CC1(C)CNC[C@@H](COc2nc(-c3ccn(CC4CC4)c3)cc3ncccc23)O1. The van der Waals surface area contributed by atoms with Crippen molar-refractivity contribution in [1.29, 1.82) is 0 Å². The molecule has 3 aromatic rings. The second-order valence-corrected chi connectivity index (χ2v) is 8.86. The number of hydrogen-bond donors (Lipinski definition) is 1. The number of hydrogen-bond acceptors (Lipinski definition) is 5. The third kappa shape index (κ3) is 4.28. The van der Waals surface area contributed by atoms with Gasteiger partial charge < -0.3 is 19.4 Å². The predicted molar refractivity (Wildman–Crippen MR) is 113 cm³/mol. The summed E-state index contributed by atoms with van der Waals surface area (Å²) in [5.41, 5.74) is 2.70. The molecule has 6 nitrogen and oxygen atoms in total. The first-order valence-corrected chi connectivity index (χ1v) is 10.5. The number of ether oxygens (including phenoxy) is 2. The normalized spacial score (nSPS) is 21.4. The molecule has 0 aromatic carbocycles. The van der Waals surface area contributed by atoms with Gasteiger partial charge in [-0.15, -0.1) is 0 Å². The van der Waals surface area contributed by atoms with Gasteiger partial charge in [0, 0.05) is 43.8 Å². The molecule has 6 heteroatoms. The van der Waals surface area contributed by atoms with Crippen molar-refractivity contribution in [3.05, 3.63) is 42.9 Å². The van der Waals surface area contributed by atoms with Gasteiger partial charge in [0.15, 0.2) is 0 Å². The van der Waals surface area contributed by atoms with Crippen LogP contribution in [0.3, 0.4) is 0 Å². The Bertz CT molecular complexity index is 1010. The van der Waals surface area contributed by atoms with Crippen LogP contribution in [0.15, 0.2) is 42.9 Å². The van der Waals surface area contributed by atoms with Gasteiger partial charge in [-0.25, -0.2) is 4.98 Å². The smallest absolute Gasteiger partial charge is 0.223 e. The van der Waals surface area contributed by atoms with Crippen molar-refractivity contribution in [3.8, 4) is 17.1 Å². The minimum Gasteiger partial charge on any atom is -0.474 e. The van der Waals surface area contributed by atoms with Crippen molar-refractivity contribution >= 4 is 10.9 Å². The van der Waals surface area contributed by atoms with Gasteiger partial charge in [0.2, 0.25) is 5.88 Å². The summed E-state index contributed by atoms with van der Waals surface area (Å²) >= 11 is 0. The fraction of sp³-hybridized carbons (Fsp3) is 0.478. The first-order valence-electron chi connectivity index (χ1n) is 10.5. The summed E-state index contributed by atoms with van der Waals surface area (Å²) in [6, 6.07) is 8.10. The van der Waals surface area contributed by atoms with E-state index in [1.165, 1.54) is 12.8 Å². The summed E-state index contributed by atoms with van der Waals surface area (Å²) in [5.74, 6) is 1.46. The van der Waals surface area contributed by atoms with Crippen LogP contribution in [-0.4, -0.2) is 45.9 Å². The molecule has 29 heavy (non-hydrogen) atoms. The van der Waals surface area contributed by atoms with Crippen LogP contribution in [0.25, 0.3) is 22.2 Å². The fourth-order valence-corrected chi connectivity index (χ4v) is 3.94. The van der Waals surface area contributed by atoms with Crippen molar-refractivity contribution < 1.29 is 9.47 Å². The Balaban J connectivity index is 1.40. The van der Waals surface area contributed by atoms with Gasteiger partial charge in [0.25, 0.3) is 0 Å². The Morgan fingerprint density at radius 1 is 1.31 bits per heavy atom. The molecule has 0 amide bonds. The van der Waals surface area contributed by atoms with E-state index in [-0.39, 0.29) is 11.7 Å². The van der Waals surface area contributed by atoms with Crippen LogP contribution in [-0.2, 0) is 11.3 Å². The highest BCUT2D eigenvalue weighted by molar-refractivity contribution is 5.86. The van der Waals surface area contributed by atoms with Crippen molar-refractivity contribution in [2.24, 2.45) is 5.92 Å². The number of aromatic nitrogens is 3. The van der Waals surface area contributed by atoms with Crippen molar-refractivity contribution in [1.82, 2.24) is 19.9 Å². The van der Waals surface area contributed by atoms with Crippen LogP contribution in [0.1, 0.15) is 26.7 Å². The first kappa shape index (κ1) is 18.6. The van der Waals surface area contributed by atoms with Gasteiger partial charge in [-0.1, -0.05) is 0 Å². The van der Waals surface area contributed by atoms with E-state index < -0.39 is 0 Å². The molecular weight excluding hydrogens is 364 g/mol. The third-order valence-electron chi connectivity index (χ3n) is 5.59. The summed E-state index contributed by atoms with van der Waals surface area (Å²) in [4.78, 5) is 9.39. The molecule has 0 spiro atoms. The van der Waals surface area contributed by atoms with E-state index >= 15 is 0 Å². The summed E-state index contributed by atoms with van der Waals surface area (Å²) in [6.45, 7) is 7.37. The number of nitrogens with one attached hydrogen (secondary N) is 1. The van der Waals surface area contributed by atoms with E-state index in [4.69, 9.17) is 14.5 Å². The Hall–Kier alpha value is -2.44. The van der Waals surface area contributed by atoms with E-state index in [2.05, 4.69) is 47.2 Å². The number of nitrogens with zero attached hydrogens (tertiary/aromatic N) is 3. The van der Waals surface area contributed by atoms with Crippen LogP contribution in [0, 0.1) is 5.92 Å². The van der Waals surface area contributed by atoms with Crippen molar-refractivity contribution in [3.63, 3.8) is 0 Å². The van der Waals surface area contributed by atoms with E-state index in [1.54, 1.807) is 0 Å². The van der Waals surface area contributed by atoms with Crippen LogP contribution in [0.5, 0.6) is 5.88 Å². The number of morpholine rings is 1. The quantitative estimate of drug-likeness (QED) is 0.694. The highest BCUT2D eigenvalue weighted by atomic mass is 16.6. The van der Waals surface area contributed by atoms with Gasteiger partial charge in [-0.05, 0) is 56.9 Å². The topological polar surface area (TPSA) is 61.2 Å². The molecule has 2 aliphatic rings. The maximum absolute atomic E-state index is 6.17. The van der Waals surface area contributed by atoms with Crippen LogP contribution in [0.2, 0.25) is 0 Å². The fourth-order valence-electron chi connectivity index (χ4n) is 3.94. The third-order valence-corrected chi connectivity index (χ3v) is 5.59. The van der Waals surface area contributed by atoms with Crippen molar-refractivity contribution in [2.75, 3.05) is 19.7 Å². The zero-order valence-electron chi connectivity index (χ0n) is 17.1. The lowest BCUT2D eigenvalue weighted by atomic mass is 10.1. The summed E-state index contributed by atoms with van der Waals surface area (Å²) in [5, 5.41) is 4.35. The second kappa shape index (κ2) is 7.43. The zero-order chi connectivity index (χ0) is 19.8. The predicted octanol–water partition coefficient (Wildman–Crippen LogP) is 3.65. The molecule has 1 saturated heterocycles. The van der Waals surface area contributed by atoms with E-state index in [0.717, 1.165) is 47.7 Å². The Morgan fingerprint density at radius 2 is 2.21 bits per heavy atom. The molecule has 1 atom stereocenters. The highest BCUT2D eigenvalue weighted by Gasteiger charge is 2.29. The van der Waals surface area contributed by atoms with Crippen LogP contribution < -0.4 is 10.1 Å². The molecule has 0 unspecified atom stereocenters. The molecule has 4 heterocycles. The molecule has 1 N–H and O–H groups in total. The van der Waals surface area contributed by atoms with E-state index in [9.17, 15) is 0 Å². The summed E-state index contributed by atoms with van der Waals surface area (Å²) in [7, 11) is 0. The Morgan fingerprint density at radius 3 is 3.03 bits per heavy atom. The van der Waals surface area contributed by atoms with E-state index in [1.807, 2.05) is 24.4 Å². The molecule has 5 rings (SSSR count). The molecule has 2 fully saturated rings. The molecule has 1 aliphatic carbocycles. The van der Waals surface area contributed by atoms with Gasteiger partial charge >= 0.3 is 0 Å². The average Bonchev–Trinajstić information content (AvgIpc) is 3.39. The number of pyridine rings is 2. The lowest BCUT2D eigenvalue weighted by Crippen LogP contribution is -2.52. The van der Waals surface area contributed by atoms with Gasteiger partial charge in [0.1, 0.15) is 12.7 Å². The van der Waals surface area contributed by atoms with Crippen molar-refractivity contribution in [2.45, 2.75) is 44.9 Å². The molecule has 0 bridgehead atoms. The maximum atomic E-state index is 6.17. The molecule has 3 aromatic heterocycles. The lowest BCUT2D eigenvalue weighted by molar-refractivity contribution is -0.107. The minimum absolute atomic E-state index is 0.00412. The van der Waals surface area contributed by atoms with Crippen LogP contribution in [0.4, 0.5) is 0 Å². The largest absolute Gasteiger partial charge is 0.474 e. The molecule has 1 saturated carbocycles. The molecule has 1 aliphatic heterocycles. The first-order chi connectivity index (χ1) is 14.1. The monoisotopic (exact) mass is 392 g/mol.